The largest absolute Gasteiger partial charge is 1.00 e. The van der Waals surface area contributed by atoms with E-state index in [1.165, 1.54) is 0 Å². The summed E-state index contributed by atoms with van der Waals surface area (Å²) in [7, 11) is 0. The molecule has 0 atom stereocenters. The fourth-order valence-corrected chi connectivity index (χ4v) is 3.01. The minimum atomic E-state index is -0.266. The Labute approximate surface area is 168 Å². The Kier molecular flexibility index (Phi) is 6.03. The van der Waals surface area contributed by atoms with Crippen molar-refractivity contribution in [2.24, 2.45) is 4.99 Å². The number of rotatable bonds is 4. The van der Waals surface area contributed by atoms with Crippen LogP contribution in [0.1, 0.15) is 24.2 Å². The van der Waals surface area contributed by atoms with Crippen LogP contribution < -0.4 is 0 Å². The van der Waals surface area contributed by atoms with Crippen molar-refractivity contribution >= 4 is 51.6 Å². The van der Waals surface area contributed by atoms with E-state index in [1.54, 1.807) is 12.1 Å². The van der Waals surface area contributed by atoms with Crippen LogP contribution in [0.25, 0.3) is 0 Å². The second-order valence-corrected chi connectivity index (χ2v) is 7.10. The molecule has 0 heterocycles. The smallest absolute Gasteiger partial charge is 0.260 e. The van der Waals surface area contributed by atoms with Crippen molar-refractivity contribution in [3.63, 3.8) is 0 Å². The summed E-state index contributed by atoms with van der Waals surface area (Å²) in [5.41, 5.74) is 2.77. The van der Waals surface area contributed by atoms with Crippen molar-refractivity contribution in [1.29, 1.82) is 0 Å². The van der Waals surface area contributed by atoms with Gasteiger partial charge >= 0.3 is 1.43 Å². The van der Waals surface area contributed by atoms with Gasteiger partial charge in [-0.1, -0.05) is 82.8 Å². The molecule has 5 heteroatoms. The summed E-state index contributed by atoms with van der Waals surface area (Å²) in [6, 6.07) is 22.1. The van der Waals surface area contributed by atoms with Gasteiger partial charge in [-0.3, -0.25) is 4.99 Å². The lowest BCUT2D eigenvalue weighted by atomic mass is 9.99. The number of hydrogen-bond acceptors (Lipinski definition) is 1. The highest BCUT2D eigenvalue weighted by Crippen LogP contribution is 2.29. The number of hydrogen-bond donors (Lipinski definition) is 0. The van der Waals surface area contributed by atoms with Crippen molar-refractivity contribution in [1.82, 2.24) is 0 Å². The van der Waals surface area contributed by atoms with Crippen LogP contribution in [0.5, 0.6) is 0 Å². The van der Waals surface area contributed by atoms with Crippen molar-refractivity contribution in [3.05, 3.63) is 105 Å². The SMILES string of the molecule is ClC(=NC(c1ccc(Cl)cc1)c1ccc(Cl)cc1)c1ccc(Cl)cc1.[H+]. The van der Waals surface area contributed by atoms with Crippen molar-refractivity contribution in [2.45, 2.75) is 6.04 Å². The fraction of sp³-hybridized carbons (Fsp3) is 0.0500. The van der Waals surface area contributed by atoms with Gasteiger partial charge in [0.2, 0.25) is 0 Å². The third kappa shape index (κ3) is 4.77. The summed E-state index contributed by atoms with van der Waals surface area (Å²) in [6.07, 6.45) is 0. The molecule has 0 amide bonds. The van der Waals surface area contributed by atoms with Crippen LogP contribution in [0.15, 0.2) is 77.8 Å². The van der Waals surface area contributed by atoms with Crippen LogP contribution in [0.4, 0.5) is 0 Å². The molecule has 0 aliphatic heterocycles. The lowest BCUT2D eigenvalue weighted by molar-refractivity contribution is 0.876. The summed E-state index contributed by atoms with van der Waals surface area (Å²) in [4.78, 5) is 4.73. The van der Waals surface area contributed by atoms with E-state index in [0.29, 0.717) is 20.2 Å². The Morgan fingerprint density at radius 1 is 0.640 bits per heavy atom. The molecule has 3 aromatic rings. The van der Waals surface area contributed by atoms with E-state index in [1.807, 2.05) is 60.7 Å². The molecule has 0 aliphatic rings. The Bertz CT molecular complexity index is 830. The Balaban J connectivity index is 0.00000243. The molecule has 0 saturated carbocycles. The van der Waals surface area contributed by atoms with Crippen LogP contribution >= 0.6 is 46.4 Å². The van der Waals surface area contributed by atoms with E-state index in [-0.39, 0.29) is 7.47 Å². The van der Waals surface area contributed by atoms with Crippen LogP contribution in [0.2, 0.25) is 15.1 Å². The minimum absolute atomic E-state index is 0. The number of nitrogens with zero attached hydrogens (tertiary/aromatic N) is 1. The Hall–Kier alpha value is -1.51. The van der Waals surface area contributed by atoms with E-state index in [0.717, 1.165) is 16.7 Å². The molecule has 0 saturated heterocycles. The van der Waals surface area contributed by atoms with E-state index < -0.39 is 0 Å². The first-order valence-corrected chi connectivity index (χ1v) is 9.04. The maximum Gasteiger partial charge on any atom is 1.00 e. The standard InChI is InChI=1S/C20H13Cl4N/c21-16-7-1-13(2-8-16)19(14-3-9-17(22)10-4-14)25-20(24)15-5-11-18(23)12-6-15/h1-12,19H/p+1. The van der Waals surface area contributed by atoms with Gasteiger partial charge in [-0.2, -0.15) is 0 Å². The molecule has 0 aliphatic carbocycles. The lowest BCUT2D eigenvalue weighted by Crippen LogP contribution is -2.02. The maximum atomic E-state index is 6.47. The van der Waals surface area contributed by atoms with Crippen LogP contribution in [-0.2, 0) is 0 Å². The van der Waals surface area contributed by atoms with Gasteiger partial charge in [0, 0.05) is 20.6 Å². The minimum Gasteiger partial charge on any atom is -0.260 e. The van der Waals surface area contributed by atoms with Gasteiger partial charge in [-0.25, -0.2) is 0 Å². The summed E-state index contributed by atoms with van der Waals surface area (Å²) < 4.78 is 0. The molecule has 3 rings (SSSR count). The molecule has 1 nitrogen and oxygen atoms in total. The highest BCUT2D eigenvalue weighted by atomic mass is 35.5. The van der Waals surface area contributed by atoms with Gasteiger partial charge in [0.05, 0.1) is 0 Å². The molecule has 3 aromatic carbocycles. The van der Waals surface area contributed by atoms with E-state index >= 15 is 0 Å². The summed E-state index contributed by atoms with van der Waals surface area (Å²) >= 11 is 24.4. The molecule has 0 fully saturated rings. The molecule has 0 unspecified atom stereocenters. The first-order valence-electron chi connectivity index (χ1n) is 7.53. The molecule has 25 heavy (non-hydrogen) atoms. The van der Waals surface area contributed by atoms with E-state index in [2.05, 4.69) is 0 Å². The second-order valence-electron chi connectivity index (χ2n) is 5.43. The van der Waals surface area contributed by atoms with Gasteiger partial charge < -0.3 is 0 Å². The number of halogens is 4. The average molecular weight is 410 g/mol. The quantitative estimate of drug-likeness (QED) is 0.394. The predicted octanol–water partition coefficient (Wildman–Crippen LogP) is 7.53. The molecule has 0 aromatic heterocycles. The van der Waals surface area contributed by atoms with Crippen LogP contribution in [0.3, 0.4) is 0 Å². The van der Waals surface area contributed by atoms with E-state index in [4.69, 9.17) is 51.4 Å². The number of benzene rings is 3. The first-order chi connectivity index (χ1) is 12.0. The number of aliphatic imine (C=N–C) groups is 1. The third-order valence-electron chi connectivity index (χ3n) is 3.70. The topological polar surface area (TPSA) is 12.4 Å². The Morgan fingerprint density at radius 3 is 1.40 bits per heavy atom. The summed E-state index contributed by atoms with van der Waals surface area (Å²) in [5.74, 6) is 0. The zero-order valence-corrected chi connectivity index (χ0v) is 16.0. The monoisotopic (exact) mass is 408 g/mol. The Morgan fingerprint density at radius 2 is 1.00 bits per heavy atom. The highest BCUT2D eigenvalue weighted by Gasteiger charge is 2.15. The highest BCUT2D eigenvalue weighted by molar-refractivity contribution is 6.69. The maximum absolute atomic E-state index is 6.47. The lowest BCUT2D eigenvalue weighted by Gasteiger charge is -2.15. The van der Waals surface area contributed by atoms with Gasteiger partial charge in [0.25, 0.3) is 0 Å². The zero-order chi connectivity index (χ0) is 17.8. The molecular formula is C20H14Cl4N+. The molecular weight excluding hydrogens is 396 g/mol. The molecule has 0 radical (unpaired) electrons. The van der Waals surface area contributed by atoms with Crippen molar-refractivity contribution in [3.8, 4) is 0 Å². The summed E-state index contributed by atoms with van der Waals surface area (Å²) in [5, 5.41) is 2.41. The van der Waals surface area contributed by atoms with Gasteiger partial charge in [0.15, 0.2) is 0 Å². The van der Waals surface area contributed by atoms with Crippen molar-refractivity contribution in [2.75, 3.05) is 0 Å². The third-order valence-corrected chi connectivity index (χ3v) is 4.77. The molecule has 126 valence electrons. The average Bonchev–Trinajstić information content (AvgIpc) is 2.62. The van der Waals surface area contributed by atoms with Crippen molar-refractivity contribution < 1.29 is 1.43 Å². The summed E-state index contributed by atoms with van der Waals surface area (Å²) in [6.45, 7) is 0. The zero-order valence-electron chi connectivity index (χ0n) is 14.0. The molecule has 0 bridgehead atoms. The normalized spacial score (nSPS) is 11.8. The van der Waals surface area contributed by atoms with Gasteiger partial charge in [-0.15, -0.1) is 0 Å². The van der Waals surface area contributed by atoms with E-state index in [9.17, 15) is 0 Å². The fourth-order valence-electron chi connectivity index (χ4n) is 2.41. The molecule has 0 spiro atoms. The van der Waals surface area contributed by atoms with Crippen LogP contribution in [0, 0.1) is 0 Å². The predicted molar refractivity (Wildman–Crippen MR) is 110 cm³/mol. The second kappa shape index (κ2) is 8.25. The first kappa shape index (κ1) is 18.3. The van der Waals surface area contributed by atoms with Gasteiger partial charge in [-0.05, 0) is 47.5 Å². The van der Waals surface area contributed by atoms with Crippen LogP contribution in [-0.4, -0.2) is 5.17 Å². The molecule has 0 N–H and O–H groups in total. The van der Waals surface area contributed by atoms with Gasteiger partial charge in [0.1, 0.15) is 11.2 Å².